The van der Waals surface area contributed by atoms with Gasteiger partial charge in [-0.25, -0.2) is 0 Å². The van der Waals surface area contributed by atoms with E-state index >= 15 is 0 Å². The van der Waals surface area contributed by atoms with Crippen LogP contribution in [-0.4, -0.2) is 30.6 Å². The summed E-state index contributed by atoms with van der Waals surface area (Å²) in [4.78, 5) is 14.5. The Bertz CT molecular complexity index is 541. The quantitative estimate of drug-likeness (QED) is 0.853. The molecule has 3 rings (SSSR count). The Morgan fingerprint density at radius 3 is 2.82 bits per heavy atom. The predicted molar refractivity (Wildman–Crippen MR) is 85.2 cm³/mol. The maximum absolute atomic E-state index is 12.5. The molecule has 1 atom stereocenters. The van der Waals surface area contributed by atoms with Gasteiger partial charge in [0.1, 0.15) is 13.2 Å². The molecule has 2 aliphatic heterocycles. The zero-order valence-corrected chi connectivity index (χ0v) is 13.5. The van der Waals surface area contributed by atoms with Crippen molar-refractivity contribution in [2.24, 2.45) is 5.92 Å². The van der Waals surface area contributed by atoms with Crippen molar-refractivity contribution < 1.29 is 14.3 Å². The Balaban J connectivity index is 1.74. The number of carbonyl (C=O) groups excluding carboxylic acids is 1. The number of likely N-dealkylation sites (tertiary alicyclic amines) is 1. The molecular weight excluding hydrogens is 278 g/mol. The van der Waals surface area contributed by atoms with Crippen LogP contribution in [0, 0.1) is 5.92 Å². The molecule has 0 aliphatic carbocycles. The van der Waals surface area contributed by atoms with Crippen LogP contribution in [0.25, 0.3) is 0 Å². The summed E-state index contributed by atoms with van der Waals surface area (Å²) in [6, 6.07) is 6.29. The summed E-state index contributed by atoms with van der Waals surface area (Å²) in [5.41, 5.74) is 1.17. The number of benzene rings is 1. The lowest BCUT2D eigenvalue weighted by Crippen LogP contribution is -2.30. The number of carbonyl (C=O) groups is 1. The molecule has 120 valence electrons. The molecule has 0 bridgehead atoms. The smallest absolute Gasteiger partial charge is 0.223 e. The summed E-state index contributed by atoms with van der Waals surface area (Å²) in [6.45, 7) is 6.40. The second-order valence-electron chi connectivity index (χ2n) is 6.58. The Morgan fingerprint density at radius 1 is 1.27 bits per heavy atom. The zero-order chi connectivity index (χ0) is 15.5. The van der Waals surface area contributed by atoms with E-state index in [1.54, 1.807) is 0 Å². The van der Waals surface area contributed by atoms with Gasteiger partial charge in [0.05, 0.1) is 6.04 Å². The fraction of sp³-hybridized carbons (Fsp3) is 0.611. The molecule has 2 heterocycles. The van der Waals surface area contributed by atoms with E-state index in [4.69, 9.17) is 9.47 Å². The van der Waals surface area contributed by atoms with Crippen molar-refractivity contribution in [2.45, 2.75) is 45.6 Å². The largest absolute Gasteiger partial charge is 0.486 e. The van der Waals surface area contributed by atoms with Crippen molar-refractivity contribution in [3.05, 3.63) is 23.8 Å². The van der Waals surface area contributed by atoms with Crippen molar-refractivity contribution in [3.8, 4) is 11.5 Å². The maximum atomic E-state index is 12.5. The molecule has 1 aromatic carbocycles. The van der Waals surface area contributed by atoms with E-state index in [1.165, 1.54) is 5.56 Å². The third-order valence-electron chi connectivity index (χ3n) is 4.46. The Morgan fingerprint density at radius 2 is 2.05 bits per heavy atom. The van der Waals surface area contributed by atoms with E-state index in [0.29, 0.717) is 25.6 Å². The lowest BCUT2D eigenvalue weighted by molar-refractivity contribution is -0.132. The number of nitrogens with zero attached hydrogens (tertiary/aromatic N) is 1. The highest BCUT2D eigenvalue weighted by molar-refractivity contribution is 5.77. The number of amides is 1. The van der Waals surface area contributed by atoms with Gasteiger partial charge in [0.2, 0.25) is 5.91 Å². The molecule has 22 heavy (non-hydrogen) atoms. The van der Waals surface area contributed by atoms with Gasteiger partial charge in [-0.15, -0.1) is 0 Å². The van der Waals surface area contributed by atoms with Crippen LogP contribution in [0.4, 0.5) is 0 Å². The van der Waals surface area contributed by atoms with Crippen LogP contribution >= 0.6 is 0 Å². The minimum Gasteiger partial charge on any atom is -0.486 e. The lowest BCUT2D eigenvalue weighted by Gasteiger charge is -2.27. The van der Waals surface area contributed by atoms with E-state index < -0.39 is 0 Å². The molecule has 1 saturated heterocycles. The zero-order valence-electron chi connectivity index (χ0n) is 13.5. The second kappa shape index (κ2) is 6.59. The first-order valence-electron chi connectivity index (χ1n) is 8.34. The molecule has 4 heteroatoms. The van der Waals surface area contributed by atoms with E-state index in [0.717, 1.165) is 37.3 Å². The summed E-state index contributed by atoms with van der Waals surface area (Å²) >= 11 is 0. The molecule has 1 amide bonds. The highest BCUT2D eigenvalue weighted by Crippen LogP contribution is 2.38. The Hall–Kier alpha value is -1.71. The molecule has 4 nitrogen and oxygen atoms in total. The van der Waals surface area contributed by atoms with Gasteiger partial charge in [0, 0.05) is 13.0 Å². The van der Waals surface area contributed by atoms with Gasteiger partial charge in [-0.3, -0.25) is 4.79 Å². The Labute approximate surface area is 132 Å². The summed E-state index contributed by atoms with van der Waals surface area (Å²) in [5.74, 6) is 2.47. The van der Waals surface area contributed by atoms with Crippen LogP contribution in [0.5, 0.6) is 11.5 Å². The standard InChI is InChI=1S/C18H25NO3/c1-13(2)5-8-18(20)19-9-3-4-15(19)14-6-7-16-17(12-14)22-11-10-21-16/h6-7,12-13,15H,3-5,8-11H2,1-2H3. The monoisotopic (exact) mass is 303 g/mol. The second-order valence-corrected chi connectivity index (χ2v) is 6.58. The van der Waals surface area contributed by atoms with Crippen LogP contribution in [0.2, 0.25) is 0 Å². The van der Waals surface area contributed by atoms with Gasteiger partial charge in [0.15, 0.2) is 11.5 Å². The molecule has 2 aliphatic rings. The molecule has 0 aromatic heterocycles. The first kappa shape index (κ1) is 15.2. The van der Waals surface area contributed by atoms with Crippen molar-refractivity contribution in [3.63, 3.8) is 0 Å². The fourth-order valence-corrected chi connectivity index (χ4v) is 3.23. The summed E-state index contributed by atoms with van der Waals surface area (Å²) in [6.07, 6.45) is 3.72. The maximum Gasteiger partial charge on any atom is 0.223 e. The van der Waals surface area contributed by atoms with Gasteiger partial charge >= 0.3 is 0 Å². The van der Waals surface area contributed by atoms with Gasteiger partial charge in [-0.1, -0.05) is 19.9 Å². The minimum absolute atomic E-state index is 0.190. The normalized spacial score (nSPS) is 20.5. The number of fused-ring (bicyclic) bond motifs is 1. The lowest BCUT2D eigenvalue weighted by atomic mass is 10.0. The number of hydrogen-bond acceptors (Lipinski definition) is 3. The van der Waals surface area contributed by atoms with Gasteiger partial charge in [-0.05, 0) is 42.9 Å². The summed E-state index contributed by atoms with van der Waals surface area (Å²) in [7, 11) is 0. The predicted octanol–water partition coefficient (Wildman–Crippen LogP) is 3.56. The van der Waals surface area contributed by atoms with Crippen molar-refractivity contribution in [1.29, 1.82) is 0 Å². The van der Waals surface area contributed by atoms with Crippen LogP contribution in [0.1, 0.15) is 51.1 Å². The number of rotatable bonds is 4. The van der Waals surface area contributed by atoms with E-state index in [-0.39, 0.29) is 11.9 Å². The molecule has 1 unspecified atom stereocenters. The van der Waals surface area contributed by atoms with E-state index in [1.807, 2.05) is 17.0 Å². The Kier molecular flexibility index (Phi) is 4.55. The van der Waals surface area contributed by atoms with Gasteiger partial charge in [0.25, 0.3) is 0 Å². The third kappa shape index (κ3) is 3.21. The fourth-order valence-electron chi connectivity index (χ4n) is 3.23. The topological polar surface area (TPSA) is 38.8 Å². The highest BCUT2D eigenvalue weighted by Gasteiger charge is 2.30. The molecular formula is C18H25NO3. The first-order valence-corrected chi connectivity index (χ1v) is 8.34. The van der Waals surface area contributed by atoms with E-state index in [2.05, 4.69) is 19.9 Å². The highest BCUT2D eigenvalue weighted by atomic mass is 16.6. The molecule has 1 aromatic rings. The summed E-state index contributed by atoms with van der Waals surface area (Å²) < 4.78 is 11.2. The van der Waals surface area contributed by atoms with Crippen LogP contribution < -0.4 is 9.47 Å². The van der Waals surface area contributed by atoms with E-state index in [9.17, 15) is 4.79 Å². The van der Waals surface area contributed by atoms with Gasteiger partial charge in [-0.2, -0.15) is 0 Å². The molecule has 0 N–H and O–H groups in total. The average molecular weight is 303 g/mol. The first-order chi connectivity index (χ1) is 10.6. The molecule has 0 spiro atoms. The SMILES string of the molecule is CC(C)CCC(=O)N1CCCC1c1ccc2c(c1)OCCO2. The molecule has 1 fully saturated rings. The molecule has 0 saturated carbocycles. The van der Waals surface area contributed by atoms with Crippen molar-refractivity contribution in [1.82, 2.24) is 4.90 Å². The van der Waals surface area contributed by atoms with Gasteiger partial charge < -0.3 is 14.4 Å². The number of hydrogen-bond donors (Lipinski definition) is 0. The summed E-state index contributed by atoms with van der Waals surface area (Å²) in [5, 5.41) is 0. The third-order valence-corrected chi connectivity index (χ3v) is 4.46. The van der Waals surface area contributed by atoms with Crippen molar-refractivity contribution >= 4 is 5.91 Å². The molecule has 0 radical (unpaired) electrons. The van der Waals surface area contributed by atoms with Crippen molar-refractivity contribution in [2.75, 3.05) is 19.8 Å². The number of ether oxygens (including phenoxy) is 2. The van der Waals surface area contributed by atoms with Crippen LogP contribution in [0.15, 0.2) is 18.2 Å². The van der Waals surface area contributed by atoms with Crippen LogP contribution in [0.3, 0.4) is 0 Å². The minimum atomic E-state index is 0.190. The average Bonchev–Trinajstić information content (AvgIpc) is 3.01. The van der Waals surface area contributed by atoms with Crippen LogP contribution in [-0.2, 0) is 4.79 Å².